The van der Waals surface area contributed by atoms with E-state index in [-0.39, 0.29) is 0 Å². The van der Waals surface area contributed by atoms with Crippen LogP contribution in [0.1, 0.15) is 20.8 Å². The predicted molar refractivity (Wildman–Crippen MR) is 38.0 cm³/mol. The minimum absolute atomic E-state index is 0.738. The maximum absolute atomic E-state index is 12.6. The van der Waals surface area contributed by atoms with Crippen LogP contribution in [0.5, 0.6) is 0 Å². The molecule has 0 saturated carbocycles. The summed E-state index contributed by atoms with van der Waals surface area (Å²) in [6, 6.07) is 0. The third-order valence-corrected chi connectivity index (χ3v) is 1.40. The van der Waals surface area contributed by atoms with Gasteiger partial charge in [-0.25, -0.2) is 9.18 Å². The average molecular weight is 164 g/mol. The Hall–Kier alpha value is -0.640. The van der Waals surface area contributed by atoms with E-state index in [4.69, 9.17) is 10.2 Å². The highest BCUT2D eigenvalue weighted by Crippen LogP contribution is 2.23. The first-order valence-electron chi connectivity index (χ1n) is 3.31. The minimum atomic E-state index is -2.20. The summed E-state index contributed by atoms with van der Waals surface area (Å²) >= 11 is 0. The van der Waals surface area contributed by atoms with Gasteiger partial charge in [-0.2, -0.15) is 0 Å². The first-order chi connectivity index (χ1) is 4.76. The molecule has 0 aliphatic heterocycles. The molecular formula is C7H13FO3. The van der Waals surface area contributed by atoms with Crippen LogP contribution in [0.2, 0.25) is 0 Å². The fourth-order valence-corrected chi connectivity index (χ4v) is 0.574. The Morgan fingerprint density at radius 1 is 1.45 bits per heavy atom. The standard InChI is InChI=1S/C7H13FO3/c1-7(2,3)5(9)4(8)6(10)11/h4-5,9H,1-3H3,(H,10,11). The summed E-state index contributed by atoms with van der Waals surface area (Å²) in [6.45, 7) is 4.73. The van der Waals surface area contributed by atoms with Crippen molar-refractivity contribution in [1.29, 1.82) is 0 Å². The summed E-state index contributed by atoms with van der Waals surface area (Å²) in [5, 5.41) is 17.2. The maximum atomic E-state index is 12.6. The molecule has 0 radical (unpaired) electrons. The van der Waals surface area contributed by atoms with E-state index < -0.39 is 23.7 Å². The highest BCUT2D eigenvalue weighted by atomic mass is 19.1. The summed E-state index contributed by atoms with van der Waals surface area (Å²) in [4.78, 5) is 10.1. The Morgan fingerprint density at radius 3 is 1.91 bits per heavy atom. The van der Waals surface area contributed by atoms with Crippen molar-refractivity contribution < 1.29 is 19.4 Å². The third-order valence-electron chi connectivity index (χ3n) is 1.40. The zero-order valence-electron chi connectivity index (χ0n) is 6.84. The number of aliphatic carboxylic acids is 1. The first kappa shape index (κ1) is 10.4. The molecule has 3 nitrogen and oxygen atoms in total. The number of alkyl halides is 1. The number of hydrogen-bond acceptors (Lipinski definition) is 2. The van der Waals surface area contributed by atoms with E-state index in [0.717, 1.165) is 0 Å². The molecule has 2 N–H and O–H groups in total. The molecule has 0 rings (SSSR count). The zero-order valence-corrected chi connectivity index (χ0v) is 6.84. The van der Waals surface area contributed by atoms with Gasteiger partial charge >= 0.3 is 5.97 Å². The van der Waals surface area contributed by atoms with E-state index in [1.165, 1.54) is 0 Å². The van der Waals surface area contributed by atoms with Gasteiger partial charge in [-0.1, -0.05) is 20.8 Å². The van der Waals surface area contributed by atoms with Crippen LogP contribution in [0.4, 0.5) is 4.39 Å². The van der Waals surface area contributed by atoms with Gasteiger partial charge in [-0.3, -0.25) is 0 Å². The number of carboxylic acids is 1. The van der Waals surface area contributed by atoms with Crippen LogP contribution in [0.25, 0.3) is 0 Å². The van der Waals surface area contributed by atoms with Crippen molar-refractivity contribution in [3.8, 4) is 0 Å². The fraction of sp³-hybridized carbons (Fsp3) is 0.857. The monoisotopic (exact) mass is 164 g/mol. The van der Waals surface area contributed by atoms with E-state index in [0.29, 0.717) is 0 Å². The van der Waals surface area contributed by atoms with Crippen LogP contribution in [-0.4, -0.2) is 28.5 Å². The average Bonchev–Trinajstić information content (AvgIpc) is 1.82. The van der Waals surface area contributed by atoms with Crippen molar-refractivity contribution >= 4 is 5.97 Å². The van der Waals surface area contributed by atoms with E-state index >= 15 is 0 Å². The molecule has 2 atom stereocenters. The number of carbonyl (C=O) groups is 1. The second-order valence-electron chi connectivity index (χ2n) is 3.55. The molecule has 0 amide bonds. The molecule has 0 fully saturated rings. The first-order valence-corrected chi connectivity index (χ1v) is 3.31. The van der Waals surface area contributed by atoms with Crippen LogP contribution in [0, 0.1) is 5.41 Å². The number of carboxylic acid groups (broad SMARTS) is 1. The number of aliphatic hydroxyl groups is 1. The molecule has 0 aromatic heterocycles. The van der Waals surface area contributed by atoms with Crippen LogP contribution in [0.15, 0.2) is 0 Å². The normalized spacial score (nSPS) is 17.5. The lowest BCUT2D eigenvalue weighted by molar-refractivity contribution is -0.150. The second kappa shape index (κ2) is 3.17. The third kappa shape index (κ3) is 2.84. The van der Waals surface area contributed by atoms with Crippen LogP contribution >= 0.6 is 0 Å². The van der Waals surface area contributed by atoms with Crippen molar-refractivity contribution in [2.45, 2.75) is 33.0 Å². The van der Waals surface area contributed by atoms with Gasteiger partial charge in [0, 0.05) is 0 Å². The highest BCUT2D eigenvalue weighted by Gasteiger charge is 2.35. The smallest absolute Gasteiger partial charge is 0.341 e. The van der Waals surface area contributed by atoms with Gasteiger partial charge in [-0.05, 0) is 5.41 Å². The molecule has 0 aromatic carbocycles. The zero-order chi connectivity index (χ0) is 9.23. The molecule has 66 valence electrons. The summed E-state index contributed by atoms with van der Waals surface area (Å²) in [6.07, 6.45) is -3.66. The Labute approximate surface area is 64.8 Å². The highest BCUT2D eigenvalue weighted by molar-refractivity contribution is 5.72. The molecule has 0 aliphatic carbocycles. The lowest BCUT2D eigenvalue weighted by atomic mass is 9.86. The molecular weight excluding hydrogens is 151 g/mol. The topological polar surface area (TPSA) is 57.5 Å². The molecule has 0 spiro atoms. The Balaban J connectivity index is 4.25. The van der Waals surface area contributed by atoms with Gasteiger partial charge in [0.05, 0.1) is 0 Å². The number of halogens is 1. The van der Waals surface area contributed by atoms with Gasteiger partial charge in [0.1, 0.15) is 6.10 Å². The largest absolute Gasteiger partial charge is 0.479 e. The van der Waals surface area contributed by atoms with Gasteiger partial charge in [0.25, 0.3) is 0 Å². The lowest BCUT2D eigenvalue weighted by Crippen LogP contribution is -2.39. The van der Waals surface area contributed by atoms with Gasteiger partial charge in [0.2, 0.25) is 6.17 Å². The summed E-state index contributed by atoms with van der Waals surface area (Å²) in [5.74, 6) is -1.62. The van der Waals surface area contributed by atoms with Crippen molar-refractivity contribution in [2.75, 3.05) is 0 Å². The SMILES string of the molecule is CC(C)(C)C(O)C(F)C(=O)O. The van der Waals surface area contributed by atoms with Crippen LogP contribution < -0.4 is 0 Å². The minimum Gasteiger partial charge on any atom is -0.479 e. The molecule has 0 bridgehead atoms. The molecule has 0 saturated heterocycles. The van der Waals surface area contributed by atoms with E-state index in [1.807, 2.05) is 0 Å². The molecule has 2 unspecified atom stereocenters. The van der Waals surface area contributed by atoms with Crippen molar-refractivity contribution in [1.82, 2.24) is 0 Å². The lowest BCUT2D eigenvalue weighted by Gasteiger charge is -2.26. The quantitative estimate of drug-likeness (QED) is 0.635. The summed E-state index contributed by atoms with van der Waals surface area (Å²) in [5.41, 5.74) is -0.738. The van der Waals surface area contributed by atoms with E-state index in [1.54, 1.807) is 20.8 Å². The number of hydrogen-bond donors (Lipinski definition) is 2. The maximum Gasteiger partial charge on any atom is 0.341 e. The van der Waals surface area contributed by atoms with Crippen molar-refractivity contribution in [2.24, 2.45) is 5.41 Å². The number of aliphatic hydroxyl groups excluding tert-OH is 1. The molecule has 11 heavy (non-hydrogen) atoms. The molecule has 0 aliphatic rings. The summed E-state index contributed by atoms with van der Waals surface area (Å²) < 4.78 is 12.6. The van der Waals surface area contributed by atoms with Gasteiger partial charge < -0.3 is 10.2 Å². The predicted octanol–water partition coefficient (Wildman–Crippen LogP) is 0.816. The molecule has 0 heterocycles. The number of rotatable bonds is 2. The molecule has 0 aromatic rings. The second-order valence-corrected chi connectivity index (χ2v) is 3.55. The Kier molecular flexibility index (Phi) is 2.99. The van der Waals surface area contributed by atoms with Gasteiger partial charge in [0.15, 0.2) is 0 Å². The summed E-state index contributed by atoms with van der Waals surface area (Å²) in [7, 11) is 0. The van der Waals surface area contributed by atoms with Crippen LogP contribution in [-0.2, 0) is 4.79 Å². The van der Waals surface area contributed by atoms with Gasteiger partial charge in [-0.15, -0.1) is 0 Å². The van der Waals surface area contributed by atoms with Crippen LogP contribution in [0.3, 0.4) is 0 Å². The fourth-order valence-electron chi connectivity index (χ4n) is 0.574. The molecule has 4 heteroatoms. The Morgan fingerprint density at radius 2 is 1.82 bits per heavy atom. The van der Waals surface area contributed by atoms with Crippen molar-refractivity contribution in [3.63, 3.8) is 0 Å². The Bertz CT molecular complexity index is 150. The van der Waals surface area contributed by atoms with Crippen molar-refractivity contribution in [3.05, 3.63) is 0 Å². The van der Waals surface area contributed by atoms with E-state index in [9.17, 15) is 9.18 Å². The van der Waals surface area contributed by atoms with E-state index in [2.05, 4.69) is 0 Å².